The van der Waals surface area contributed by atoms with Crippen LogP contribution in [0.25, 0.3) is 0 Å². The molecule has 1 atom stereocenters. The predicted octanol–water partition coefficient (Wildman–Crippen LogP) is 2.88. The molecule has 1 rings (SSSR count). The van der Waals surface area contributed by atoms with Crippen molar-refractivity contribution in [2.75, 3.05) is 13.1 Å². The first-order valence-electron chi connectivity index (χ1n) is 6.09. The summed E-state index contributed by atoms with van der Waals surface area (Å²) < 4.78 is 13.0. The lowest BCUT2D eigenvalue weighted by Gasteiger charge is -2.24. The van der Waals surface area contributed by atoms with Crippen LogP contribution in [0.2, 0.25) is 0 Å². The summed E-state index contributed by atoms with van der Waals surface area (Å²) in [5.41, 5.74) is 0.841. The number of hydrogen-bond acceptors (Lipinski definition) is 2. The van der Waals surface area contributed by atoms with Crippen LogP contribution in [0.5, 0.6) is 0 Å². The van der Waals surface area contributed by atoms with Gasteiger partial charge < -0.3 is 10.4 Å². The Morgan fingerprint density at radius 2 is 2.12 bits per heavy atom. The molecule has 0 radical (unpaired) electrons. The van der Waals surface area contributed by atoms with Gasteiger partial charge in [0, 0.05) is 13.1 Å². The molecule has 0 bridgehead atoms. The van der Waals surface area contributed by atoms with Crippen molar-refractivity contribution in [2.24, 2.45) is 5.41 Å². The Hall–Kier alpha value is -0.930. The van der Waals surface area contributed by atoms with Crippen molar-refractivity contribution in [3.05, 3.63) is 35.6 Å². The van der Waals surface area contributed by atoms with Crippen molar-refractivity contribution in [1.82, 2.24) is 5.32 Å². The summed E-state index contributed by atoms with van der Waals surface area (Å²) in [5, 5.41) is 13.1. The van der Waals surface area contributed by atoms with E-state index in [0.717, 1.165) is 13.0 Å². The molecule has 1 aromatic rings. The largest absolute Gasteiger partial charge is 0.387 e. The molecule has 0 saturated carbocycles. The molecule has 3 heteroatoms. The normalized spacial score (nSPS) is 13.7. The highest BCUT2D eigenvalue weighted by Crippen LogP contribution is 2.18. The maximum Gasteiger partial charge on any atom is 0.123 e. The van der Waals surface area contributed by atoms with E-state index in [0.29, 0.717) is 12.1 Å². The second-order valence-electron chi connectivity index (χ2n) is 5.22. The summed E-state index contributed by atoms with van der Waals surface area (Å²) in [6.45, 7) is 7.79. The van der Waals surface area contributed by atoms with Crippen LogP contribution in [0.1, 0.15) is 38.9 Å². The van der Waals surface area contributed by atoms with Crippen LogP contribution in [0.15, 0.2) is 24.3 Å². The standard InChI is InChI=1S/C14H22FNO/c1-4-14(2,3)10-16-9-13(17)11-6-5-7-12(15)8-11/h5-8,13,16-17H,4,9-10H2,1-3H3. The van der Waals surface area contributed by atoms with Gasteiger partial charge in [-0.1, -0.05) is 32.9 Å². The summed E-state index contributed by atoms with van der Waals surface area (Å²) in [6.07, 6.45) is 0.425. The van der Waals surface area contributed by atoms with E-state index in [-0.39, 0.29) is 11.2 Å². The smallest absolute Gasteiger partial charge is 0.123 e. The predicted molar refractivity (Wildman–Crippen MR) is 68.3 cm³/mol. The van der Waals surface area contributed by atoms with Crippen LogP contribution >= 0.6 is 0 Å². The molecule has 0 aliphatic heterocycles. The maximum atomic E-state index is 13.0. The quantitative estimate of drug-likeness (QED) is 0.800. The number of benzene rings is 1. The second-order valence-corrected chi connectivity index (χ2v) is 5.22. The summed E-state index contributed by atoms with van der Waals surface area (Å²) >= 11 is 0. The molecule has 1 unspecified atom stereocenters. The van der Waals surface area contributed by atoms with Gasteiger partial charge in [-0.3, -0.25) is 0 Å². The number of halogens is 1. The van der Waals surface area contributed by atoms with Gasteiger partial charge in [-0.05, 0) is 29.5 Å². The fourth-order valence-corrected chi connectivity index (χ4v) is 1.50. The average molecular weight is 239 g/mol. The fraction of sp³-hybridized carbons (Fsp3) is 0.571. The number of nitrogens with one attached hydrogen (secondary N) is 1. The summed E-state index contributed by atoms with van der Waals surface area (Å²) in [5.74, 6) is -0.310. The molecule has 96 valence electrons. The second kappa shape index (κ2) is 6.12. The van der Waals surface area contributed by atoms with Crippen molar-refractivity contribution in [2.45, 2.75) is 33.3 Å². The number of hydrogen-bond donors (Lipinski definition) is 2. The lowest BCUT2D eigenvalue weighted by atomic mass is 9.90. The van der Waals surface area contributed by atoms with Crippen molar-refractivity contribution in [1.29, 1.82) is 0 Å². The maximum absolute atomic E-state index is 13.0. The van der Waals surface area contributed by atoms with Gasteiger partial charge in [-0.15, -0.1) is 0 Å². The van der Waals surface area contributed by atoms with Crippen LogP contribution < -0.4 is 5.32 Å². The SMILES string of the molecule is CCC(C)(C)CNCC(O)c1cccc(F)c1. The Morgan fingerprint density at radius 3 is 2.71 bits per heavy atom. The van der Waals surface area contributed by atoms with E-state index in [1.165, 1.54) is 12.1 Å². The number of rotatable bonds is 6. The minimum Gasteiger partial charge on any atom is -0.387 e. The van der Waals surface area contributed by atoms with E-state index in [1.807, 2.05) is 0 Å². The highest BCUT2D eigenvalue weighted by atomic mass is 19.1. The van der Waals surface area contributed by atoms with Crippen LogP contribution in [0, 0.1) is 11.2 Å². The minimum atomic E-state index is -0.654. The van der Waals surface area contributed by atoms with Crippen LogP contribution in [0.3, 0.4) is 0 Å². The van der Waals surface area contributed by atoms with E-state index >= 15 is 0 Å². The van der Waals surface area contributed by atoms with Gasteiger partial charge in [0.2, 0.25) is 0 Å². The first-order chi connectivity index (χ1) is 7.94. The Labute approximate surface area is 103 Å². The van der Waals surface area contributed by atoms with Gasteiger partial charge in [-0.25, -0.2) is 4.39 Å². The van der Waals surface area contributed by atoms with Crippen LogP contribution in [0.4, 0.5) is 4.39 Å². The topological polar surface area (TPSA) is 32.3 Å². The molecule has 0 amide bonds. The molecule has 0 fully saturated rings. The minimum absolute atomic E-state index is 0.224. The average Bonchev–Trinajstić information content (AvgIpc) is 2.28. The van der Waals surface area contributed by atoms with Crippen molar-refractivity contribution in [3.63, 3.8) is 0 Å². The molecule has 1 aromatic carbocycles. The Balaban J connectivity index is 2.42. The van der Waals surface area contributed by atoms with Crippen molar-refractivity contribution >= 4 is 0 Å². The molecule has 0 aliphatic rings. The molecule has 0 aromatic heterocycles. The molecule has 17 heavy (non-hydrogen) atoms. The zero-order valence-electron chi connectivity index (χ0n) is 10.8. The fourth-order valence-electron chi connectivity index (χ4n) is 1.50. The van der Waals surface area contributed by atoms with Crippen LogP contribution in [-0.2, 0) is 0 Å². The van der Waals surface area contributed by atoms with E-state index in [2.05, 4.69) is 26.1 Å². The molecule has 0 saturated heterocycles. The number of aliphatic hydroxyl groups excluding tert-OH is 1. The van der Waals surface area contributed by atoms with E-state index < -0.39 is 6.10 Å². The van der Waals surface area contributed by atoms with Gasteiger partial charge >= 0.3 is 0 Å². The van der Waals surface area contributed by atoms with E-state index in [1.54, 1.807) is 12.1 Å². The lowest BCUT2D eigenvalue weighted by Crippen LogP contribution is -2.31. The molecular formula is C14H22FNO. The third-order valence-electron chi connectivity index (χ3n) is 3.13. The summed E-state index contributed by atoms with van der Waals surface area (Å²) in [7, 11) is 0. The van der Waals surface area contributed by atoms with Crippen LogP contribution in [-0.4, -0.2) is 18.2 Å². The molecule has 0 spiro atoms. The Bertz CT molecular complexity index is 352. The van der Waals surface area contributed by atoms with Crippen molar-refractivity contribution < 1.29 is 9.50 Å². The highest BCUT2D eigenvalue weighted by Gasteiger charge is 2.15. The third-order valence-corrected chi connectivity index (χ3v) is 3.13. The monoisotopic (exact) mass is 239 g/mol. The summed E-state index contributed by atoms with van der Waals surface area (Å²) in [6, 6.07) is 6.10. The van der Waals surface area contributed by atoms with E-state index in [9.17, 15) is 9.50 Å². The molecular weight excluding hydrogens is 217 g/mol. The zero-order chi connectivity index (χ0) is 12.9. The zero-order valence-corrected chi connectivity index (χ0v) is 10.8. The molecule has 0 aliphatic carbocycles. The summed E-state index contributed by atoms with van der Waals surface area (Å²) in [4.78, 5) is 0. The molecule has 2 nitrogen and oxygen atoms in total. The van der Waals surface area contributed by atoms with Gasteiger partial charge in [0.25, 0.3) is 0 Å². The molecule has 0 heterocycles. The Morgan fingerprint density at radius 1 is 1.41 bits per heavy atom. The first-order valence-corrected chi connectivity index (χ1v) is 6.09. The van der Waals surface area contributed by atoms with Gasteiger partial charge in [0.15, 0.2) is 0 Å². The van der Waals surface area contributed by atoms with Gasteiger partial charge in [0.05, 0.1) is 6.10 Å². The highest BCUT2D eigenvalue weighted by molar-refractivity contribution is 5.18. The third kappa shape index (κ3) is 4.84. The van der Waals surface area contributed by atoms with E-state index in [4.69, 9.17) is 0 Å². The Kier molecular flexibility index (Phi) is 5.09. The number of aliphatic hydroxyl groups is 1. The van der Waals surface area contributed by atoms with Gasteiger partial charge in [0.1, 0.15) is 5.82 Å². The van der Waals surface area contributed by atoms with Crippen molar-refractivity contribution in [3.8, 4) is 0 Å². The van der Waals surface area contributed by atoms with Gasteiger partial charge in [-0.2, -0.15) is 0 Å². The first kappa shape index (κ1) is 14.1. The molecule has 2 N–H and O–H groups in total. The lowest BCUT2D eigenvalue weighted by molar-refractivity contribution is 0.167.